The third kappa shape index (κ3) is 4.94. The van der Waals surface area contributed by atoms with Gasteiger partial charge in [-0.3, -0.25) is 9.36 Å². The first-order valence-corrected chi connectivity index (χ1v) is 9.92. The maximum atomic E-state index is 13.9. The van der Waals surface area contributed by atoms with Crippen LogP contribution in [0.1, 0.15) is 12.5 Å². The molecule has 27 heavy (non-hydrogen) atoms. The summed E-state index contributed by atoms with van der Waals surface area (Å²) in [6, 6.07) is 7.29. The molecule has 0 amide bonds. The lowest BCUT2D eigenvalue weighted by Gasteiger charge is -2.20. The first-order chi connectivity index (χ1) is 12.7. The number of methoxy groups -OCH3 is 1. The van der Waals surface area contributed by atoms with Crippen LogP contribution >= 0.6 is 0 Å². The Kier molecular flexibility index (Phi) is 6.74. The fraction of sp³-hybridized carbons (Fsp3) is 0.389. The summed E-state index contributed by atoms with van der Waals surface area (Å²) in [5, 5.41) is 0. The smallest absolute Gasteiger partial charge is 0.254 e. The van der Waals surface area contributed by atoms with Crippen LogP contribution in [0.2, 0.25) is 0 Å². The average Bonchev–Trinajstić information content (AvgIpc) is 2.62. The first kappa shape index (κ1) is 21.1. The number of pyridine rings is 1. The standard InChI is InChI=1S/C18H24FN3O4S/c1-5-21(11-14-6-8-17(26-4)16(19)10-14)13-22-12-15(7-9-18(22)23)27(24,25)20(2)3/h6-10,12H,5,11,13H2,1-4H3/p+1. The Morgan fingerprint density at radius 1 is 1.22 bits per heavy atom. The van der Waals surface area contributed by atoms with Crippen molar-refractivity contribution in [3.8, 4) is 5.75 Å². The highest BCUT2D eigenvalue weighted by molar-refractivity contribution is 7.89. The van der Waals surface area contributed by atoms with Crippen LogP contribution in [0.5, 0.6) is 5.75 Å². The summed E-state index contributed by atoms with van der Waals surface area (Å²) in [5.74, 6) is -0.267. The zero-order valence-electron chi connectivity index (χ0n) is 15.9. The van der Waals surface area contributed by atoms with Crippen LogP contribution in [0.3, 0.4) is 0 Å². The number of aromatic nitrogens is 1. The fourth-order valence-corrected chi connectivity index (χ4v) is 3.56. The Morgan fingerprint density at radius 2 is 1.93 bits per heavy atom. The Bertz CT molecular complexity index is 957. The molecule has 0 fully saturated rings. The van der Waals surface area contributed by atoms with E-state index in [-0.39, 0.29) is 22.9 Å². The van der Waals surface area contributed by atoms with E-state index in [2.05, 4.69) is 0 Å². The summed E-state index contributed by atoms with van der Waals surface area (Å²) in [6.07, 6.45) is 1.35. The number of halogens is 1. The second kappa shape index (κ2) is 8.64. The van der Waals surface area contributed by atoms with E-state index in [0.29, 0.717) is 13.1 Å². The number of hydrogen-bond donors (Lipinski definition) is 1. The maximum Gasteiger partial charge on any atom is 0.254 e. The summed E-state index contributed by atoms with van der Waals surface area (Å²) >= 11 is 0. The van der Waals surface area contributed by atoms with Crippen LogP contribution < -0.4 is 15.2 Å². The Balaban J connectivity index is 2.26. The molecule has 1 heterocycles. The molecular formula is C18H25FN3O4S+. The van der Waals surface area contributed by atoms with E-state index in [1.165, 1.54) is 50.2 Å². The molecule has 0 aliphatic rings. The van der Waals surface area contributed by atoms with Gasteiger partial charge in [-0.2, -0.15) is 0 Å². The van der Waals surface area contributed by atoms with Crippen LogP contribution in [-0.2, 0) is 23.2 Å². The highest BCUT2D eigenvalue weighted by atomic mass is 32.2. The van der Waals surface area contributed by atoms with Gasteiger partial charge in [0.25, 0.3) is 5.56 Å². The second-order valence-corrected chi connectivity index (χ2v) is 8.52. The minimum Gasteiger partial charge on any atom is -0.494 e. The number of sulfonamides is 1. The van der Waals surface area contributed by atoms with E-state index in [1.54, 1.807) is 12.1 Å². The minimum atomic E-state index is -3.63. The molecule has 0 spiro atoms. The molecular weight excluding hydrogens is 373 g/mol. The summed E-state index contributed by atoms with van der Waals surface area (Å²) in [5.41, 5.74) is 0.467. The highest BCUT2D eigenvalue weighted by Gasteiger charge is 2.19. The van der Waals surface area contributed by atoms with Gasteiger partial charge >= 0.3 is 0 Å². The van der Waals surface area contributed by atoms with Gasteiger partial charge in [-0.1, -0.05) is 0 Å². The monoisotopic (exact) mass is 398 g/mol. The number of hydrogen-bond acceptors (Lipinski definition) is 4. The zero-order chi connectivity index (χ0) is 20.2. The zero-order valence-corrected chi connectivity index (χ0v) is 16.7. The van der Waals surface area contributed by atoms with Gasteiger partial charge in [0, 0.05) is 31.9 Å². The first-order valence-electron chi connectivity index (χ1n) is 8.48. The van der Waals surface area contributed by atoms with E-state index < -0.39 is 15.8 Å². The van der Waals surface area contributed by atoms with Gasteiger partial charge in [-0.05, 0) is 31.2 Å². The van der Waals surface area contributed by atoms with Crippen molar-refractivity contribution in [2.45, 2.75) is 25.0 Å². The molecule has 0 saturated heterocycles. The fourth-order valence-electron chi connectivity index (χ4n) is 2.64. The van der Waals surface area contributed by atoms with E-state index in [9.17, 15) is 17.6 Å². The Morgan fingerprint density at radius 3 is 2.48 bits per heavy atom. The number of quaternary nitrogens is 1. The SMILES string of the molecule is CC[NH+](Cc1ccc(OC)c(F)c1)Cn1cc(S(=O)(=O)N(C)C)ccc1=O. The van der Waals surface area contributed by atoms with Gasteiger partial charge in [-0.25, -0.2) is 17.1 Å². The molecule has 7 nitrogen and oxygen atoms in total. The predicted molar refractivity (Wildman–Crippen MR) is 99.7 cm³/mol. The molecule has 1 atom stereocenters. The van der Waals surface area contributed by atoms with Crippen LogP contribution in [0.15, 0.2) is 46.2 Å². The van der Waals surface area contributed by atoms with Crippen molar-refractivity contribution in [3.63, 3.8) is 0 Å². The Hall–Kier alpha value is -2.23. The number of nitrogens with one attached hydrogen (secondary N) is 1. The second-order valence-electron chi connectivity index (χ2n) is 6.37. The van der Waals surface area contributed by atoms with Crippen molar-refractivity contribution < 1.29 is 22.4 Å². The van der Waals surface area contributed by atoms with Gasteiger partial charge in [0.2, 0.25) is 10.0 Å². The normalized spacial score (nSPS) is 13.0. The molecule has 1 aromatic heterocycles. The lowest BCUT2D eigenvalue weighted by Crippen LogP contribution is -3.09. The van der Waals surface area contributed by atoms with Crippen molar-refractivity contribution in [2.24, 2.45) is 0 Å². The summed E-state index contributed by atoms with van der Waals surface area (Å²) < 4.78 is 45.9. The molecule has 0 aliphatic heterocycles. The number of ether oxygens (including phenoxy) is 1. The van der Waals surface area contributed by atoms with Gasteiger partial charge in [-0.15, -0.1) is 0 Å². The summed E-state index contributed by atoms with van der Waals surface area (Å²) in [6.45, 7) is 3.36. The van der Waals surface area contributed by atoms with Crippen molar-refractivity contribution in [2.75, 3.05) is 27.7 Å². The molecule has 9 heteroatoms. The lowest BCUT2D eigenvalue weighted by atomic mass is 10.2. The third-order valence-corrected chi connectivity index (χ3v) is 6.10. The van der Waals surface area contributed by atoms with Crippen molar-refractivity contribution >= 4 is 10.0 Å². The molecule has 1 aromatic carbocycles. The van der Waals surface area contributed by atoms with Gasteiger partial charge in [0.05, 0.1) is 18.6 Å². The van der Waals surface area contributed by atoms with E-state index >= 15 is 0 Å². The third-order valence-electron chi connectivity index (χ3n) is 4.30. The van der Waals surface area contributed by atoms with Crippen LogP contribution in [-0.4, -0.2) is 45.0 Å². The number of rotatable bonds is 8. The molecule has 0 radical (unpaired) electrons. The summed E-state index contributed by atoms with van der Waals surface area (Å²) in [4.78, 5) is 13.2. The molecule has 1 unspecified atom stereocenters. The average molecular weight is 398 g/mol. The molecule has 2 rings (SSSR count). The topological polar surface area (TPSA) is 73.1 Å². The lowest BCUT2D eigenvalue weighted by molar-refractivity contribution is -0.934. The maximum absolute atomic E-state index is 13.9. The van der Waals surface area contributed by atoms with Crippen molar-refractivity contribution in [1.82, 2.24) is 8.87 Å². The van der Waals surface area contributed by atoms with Crippen molar-refractivity contribution in [1.29, 1.82) is 0 Å². The van der Waals surface area contributed by atoms with E-state index in [0.717, 1.165) is 14.8 Å². The van der Waals surface area contributed by atoms with Crippen LogP contribution in [0, 0.1) is 5.82 Å². The molecule has 2 aromatic rings. The van der Waals surface area contributed by atoms with E-state index in [1.807, 2.05) is 6.92 Å². The van der Waals surface area contributed by atoms with E-state index in [4.69, 9.17) is 4.74 Å². The quantitative estimate of drug-likeness (QED) is 0.695. The highest BCUT2D eigenvalue weighted by Crippen LogP contribution is 2.17. The molecule has 0 aliphatic carbocycles. The number of nitrogens with zero attached hydrogens (tertiary/aromatic N) is 2. The predicted octanol–water partition coefficient (Wildman–Crippen LogP) is 0.309. The Labute approximate surface area is 158 Å². The molecule has 0 saturated carbocycles. The van der Waals surface area contributed by atoms with Gasteiger partial charge in [0.15, 0.2) is 18.2 Å². The van der Waals surface area contributed by atoms with Crippen LogP contribution in [0.4, 0.5) is 4.39 Å². The molecule has 0 bridgehead atoms. The molecule has 148 valence electrons. The largest absolute Gasteiger partial charge is 0.494 e. The van der Waals surface area contributed by atoms with Gasteiger partial charge < -0.3 is 9.64 Å². The molecule has 1 N–H and O–H groups in total. The van der Waals surface area contributed by atoms with Crippen LogP contribution in [0.25, 0.3) is 0 Å². The van der Waals surface area contributed by atoms with Crippen molar-refractivity contribution in [3.05, 3.63) is 58.3 Å². The van der Waals surface area contributed by atoms with Gasteiger partial charge in [0.1, 0.15) is 6.54 Å². The minimum absolute atomic E-state index is 0.0537. The number of benzene rings is 1. The summed E-state index contributed by atoms with van der Waals surface area (Å²) in [7, 11) is 0.650.